The third-order valence-corrected chi connectivity index (χ3v) is 4.00. The first kappa shape index (κ1) is 14.4. The van der Waals surface area contributed by atoms with E-state index in [1.54, 1.807) is 13.8 Å². The van der Waals surface area contributed by atoms with Crippen LogP contribution in [0.15, 0.2) is 0 Å². The Hall–Kier alpha value is -0.650. The quantitative estimate of drug-likeness (QED) is 0.872. The molecule has 0 aromatic heterocycles. The highest BCUT2D eigenvalue weighted by Gasteiger charge is 2.22. The Morgan fingerprint density at radius 1 is 1.29 bits per heavy atom. The maximum Gasteiger partial charge on any atom is 0.236 e. The summed E-state index contributed by atoms with van der Waals surface area (Å²) in [4.78, 5) is 0. The minimum atomic E-state index is -3.78. The van der Waals surface area contributed by atoms with E-state index in [1.165, 1.54) is 7.11 Å². The van der Waals surface area contributed by atoms with Crippen LogP contribution in [-0.4, -0.2) is 20.6 Å². The normalized spacial score (nSPS) is 11.6. The van der Waals surface area contributed by atoms with Gasteiger partial charge in [0.05, 0.1) is 17.9 Å². The Labute approximate surface area is 110 Å². The van der Waals surface area contributed by atoms with Gasteiger partial charge in [-0.1, -0.05) is 11.6 Å². The van der Waals surface area contributed by atoms with Crippen molar-refractivity contribution in [1.29, 1.82) is 0 Å². The van der Waals surface area contributed by atoms with Crippen LogP contribution in [0.1, 0.15) is 16.7 Å². The molecule has 0 heterocycles. The van der Waals surface area contributed by atoms with Gasteiger partial charge in [0.15, 0.2) is 11.5 Å². The van der Waals surface area contributed by atoms with Gasteiger partial charge in [-0.05, 0) is 19.4 Å². The molecule has 0 atom stereocenters. The molecule has 0 saturated carbocycles. The van der Waals surface area contributed by atoms with E-state index in [0.717, 1.165) is 0 Å². The predicted molar refractivity (Wildman–Crippen MR) is 67.6 cm³/mol. The number of rotatable bonds is 3. The van der Waals surface area contributed by atoms with E-state index in [0.29, 0.717) is 16.1 Å². The summed E-state index contributed by atoms with van der Waals surface area (Å²) in [5.74, 6) is -0.574. The van der Waals surface area contributed by atoms with E-state index in [-0.39, 0.29) is 17.1 Å². The summed E-state index contributed by atoms with van der Waals surface area (Å²) in [6.07, 6.45) is 0. The zero-order valence-corrected chi connectivity index (χ0v) is 11.9. The first-order valence-electron chi connectivity index (χ1n) is 4.65. The van der Waals surface area contributed by atoms with Crippen molar-refractivity contribution >= 4 is 31.3 Å². The molecule has 1 N–H and O–H groups in total. The molecule has 0 saturated heterocycles. The Bertz CT molecular complexity index is 552. The van der Waals surface area contributed by atoms with Crippen LogP contribution < -0.4 is 4.74 Å². The Morgan fingerprint density at radius 3 is 2.24 bits per heavy atom. The molecule has 0 unspecified atom stereocenters. The van der Waals surface area contributed by atoms with E-state index in [9.17, 15) is 13.5 Å². The van der Waals surface area contributed by atoms with Gasteiger partial charge in [-0.2, -0.15) is 0 Å². The second-order valence-corrected chi connectivity index (χ2v) is 6.76. The van der Waals surface area contributed by atoms with Crippen LogP contribution in [0.2, 0.25) is 5.02 Å². The monoisotopic (exact) mass is 298 g/mol. The van der Waals surface area contributed by atoms with Gasteiger partial charge in [-0.3, -0.25) is 0 Å². The summed E-state index contributed by atoms with van der Waals surface area (Å²) in [6, 6.07) is 0. The first-order valence-corrected chi connectivity index (χ1v) is 7.51. The number of phenols is 1. The Morgan fingerprint density at radius 2 is 1.82 bits per heavy atom. The van der Waals surface area contributed by atoms with Gasteiger partial charge in [0.2, 0.25) is 9.05 Å². The number of methoxy groups -OCH3 is 1. The van der Waals surface area contributed by atoms with Crippen LogP contribution in [0.4, 0.5) is 0 Å². The summed E-state index contributed by atoms with van der Waals surface area (Å²) in [5, 5.41) is 10.3. The van der Waals surface area contributed by atoms with E-state index in [2.05, 4.69) is 0 Å². The maximum absolute atomic E-state index is 11.1. The summed E-state index contributed by atoms with van der Waals surface area (Å²) in [7, 11) is 2.77. The smallest absolute Gasteiger partial charge is 0.236 e. The molecule has 17 heavy (non-hydrogen) atoms. The summed E-state index contributed by atoms with van der Waals surface area (Å²) in [6.45, 7) is 3.29. The van der Waals surface area contributed by atoms with Gasteiger partial charge in [0.25, 0.3) is 0 Å². The van der Waals surface area contributed by atoms with Crippen molar-refractivity contribution < 1.29 is 18.3 Å². The molecule has 0 spiro atoms. The van der Waals surface area contributed by atoms with Crippen LogP contribution >= 0.6 is 22.3 Å². The lowest BCUT2D eigenvalue weighted by Crippen LogP contribution is -2.02. The van der Waals surface area contributed by atoms with Crippen molar-refractivity contribution in [3.05, 3.63) is 21.7 Å². The van der Waals surface area contributed by atoms with Gasteiger partial charge in [0, 0.05) is 21.8 Å². The Balaban J connectivity index is 3.56. The van der Waals surface area contributed by atoms with Crippen molar-refractivity contribution in [2.75, 3.05) is 7.11 Å². The second kappa shape index (κ2) is 4.92. The third kappa shape index (κ3) is 2.97. The standard InChI is InChI=1S/C10H12Cl2O4S/c1-5-7(4-17(12,14)15)9(13)10(16-3)6(2)8(5)11/h13H,4H2,1-3H3. The molecular weight excluding hydrogens is 287 g/mol. The molecule has 7 heteroatoms. The maximum atomic E-state index is 11.1. The average Bonchev–Trinajstić information content (AvgIpc) is 2.21. The van der Waals surface area contributed by atoms with Crippen molar-refractivity contribution in [2.24, 2.45) is 0 Å². The molecular formula is C10H12Cl2O4S. The zero-order chi connectivity index (χ0) is 13.4. The average molecular weight is 299 g/mol. The number of hydrogen-bond donors (Lipinski definition) is 1. The number of hydrogen-bond acceptors (Lipinski definition) is 4. The fraction of sp³-hybridized carbons (Fsp3) is 0.400. The fourth-order valence-corrected chi connectivity index (χ4v) is 2.83. The molecule has 1 aromatic rings. The first-order chi connectivity index (χ1) is 7.69. The van der Waals surface area contributed by atoms with Crippen LogP contribution in [-0.2, 0) is 14.8 Å². The largest absolute Gasteiger partial charge is 0.504 e. The lowest BCUT2D eigenvalue weighted by atomic mass is 10.0. The highest BCUT2D eigenvalue weighted by atomic mass is 35.7. The molecule has 1 rings (SSSR count). The third-order valence-electron chi connectivity index (χ3n) is 2.47. The molecule has 1 aromatic carbocycles. The Kier molecular flexibility index (Phi) is 4.17. The fourth-order valence-electron chi connectivity index (χ4n) is 1.60. The molecule has 4 nitrogen and oxygen atoms in total. The van der Waals surface area contributed by atoms with Gasteiger partial charge >= 0.3 is 0 Å². The summed E-state index contributed by atoms with van der Waals surface area (Å²) < 4.78 is 27.1. The molecule has 0 amide bonds. The molecule has 0 fully saturated rings. The number of aromatic hydroxyl groups is 1. The molecule has 0 aliphatic rings. The van der Waals surface area contributed by atoms with E-state index >= 15 is 0 Å². The lowest BCUT2D eigenvalue weighted by molar-refractivity contribution is 0.368. The molecule has 0 aliphatic heterocycles. The lowest BCUT2D eigenvalue weighted by Gasteiger charge is -2.16. The SMILES string of the molecule is COc1c(C)c(Cl)c(C)c(CS(=O)(=O)Cl)c1O. The summed E-state index contributed by atoms with van der Waals surface area (Å²) in [5.41, 5.74) is 1.19. The molecule has 96 valence electrons. The number of halogens is 2. The van der Waals surface area contributed by atoms with Crippen molar-refractivity contribution in [3.63, 3.8) is 0 Å². The zero-order valence-electron chi connectivity index (χ0n) is 9.54. The minimum absolute atomic E-state index is 0.160. The van der Waals surface area contributed by atoms with Crippen LogP contribution in [0.5, 0.6) is 11.5 Å². The van der Waals surface area contributed by atoms with Gasteiger partial charge in [-0.25, -0.2) is 8.42 Å². The van der Waals surface area contributed by atoms with Crippen LogP contribution in [0, 0.1) is 13.8 Å². The highest BCUT2D eigenvalue weighted by molar-refractivity contribution is 8.13. The second-order valence-electron chi connectivity index (χ2n) is 3.61. The number of phenolic OH excluding ortho intramolecular Hbond substituents is 1. The van der Waals surface area contributed by atoms with E-state index < -0.39 is 14.8 Å². The van der Waals surface area contributed by atoms with Crippen molar-refractivity contribution in [2.45, 2.75) is 19.6 Å². The minimum Gasteiger partial charge on any atom is -0.504 e. The van der Waals surface area contributed by atoms with Gasteiger partial charge in [0.1, 0.15) is 0 Å². The summed E-state index contributed by atoms with van der Waals surface area (Å²) >= 11 is 6.04. The topological polar surface area (TPSA) is 63.6 Å². The molecule has 0 aliphatic carbocycles. The van der Waals surface area contributed by atoms with Gasteiger partial charge in [-0.15, -0.1) is 0 Å². The van der Waals surface area contributed by atoms with Gasteiger partial charge < -0.3 is 9.84 Å². The molecule has 0 radical (unpaired) electrons. The molecule has 0 bridgehead atoms. The van der Waals surface area contributed by atoms with E-state index in [4.69, 9.17) is 27.0 Å². The van der Waals surface area contributed by atoms with Crippen LogP contribution in [0.25, 0.3) is 0 Å². The highest BCUT2D eigenvalue weighted by Crippen LogP contribution is 2.41. The van der Waals surface area contributed by atoms with E-state index in [1.807, 2.05) is 0 Å². The van der Waals surface area contributed by atoms with Crippen molar-refractivity contribution in [3.8, 4) is 11.5 Å². The number of benzene rings is 1. The van der Waals surface area contributed by atoms with Crippen LogP contribution in [0.3, 0.4) is 0 Å². The predicted octanol–water partition coefficient (Wildman–Crippen LogP) is 2.74. The number of ether oxygens (including phenoxy) is 1. The van der Waals surface area contributed by atoms with Crippen molar-refractivity contribution in [1.82, 2.24) is 0 Å².